The largest absolute Gasteiger partial charge is 0.486 e. The van der Waals surface area contributed by atoms with Gasteiger partial charge in [0, 0.05) is 19.1 Å². The molecule has 24 heavy (non-hydrogen) atoms. The molecule has 6 heteroatoms. The molecule has 0 unspecified atom stereocenters. The van der Waals surface area contributed by atoms with E-state index in [1.807, 2.05) is 12.1 Å². The van der Waals surface area contributed by atoms with Crippen molar-refractivity contribution in [1.29, 1.82) is 0 Å². The molecule has 1 heterocycles. The molecular formula is C18H27ClN2O3. The highest BCUT2D eigenvalue weighted by Crippen LogP contribution is 2.33. The summed E-state index contributed by atoms with van der Waals surface area (Å²) in [5.74, 6) is 1.11. The Morgan fingerprint density at radius 3 is 2.58 bits per heavy atom. The highest BCUT2D eigenvalue weighted by atomic mass is 35.5. The summed E-state index contributed by atoms with van der Waals surface area (Å²) in [6, 6.07) is 6.04. The quantitative estimate of drug-likeness (QED) is 0.630. The van der Waals surface area contributed by atoms with Crippen LogP contribution in [0.15, 0.2) is 18.2 Å². The highest BCUT2D eigenvalue weighted by Gasteiger charge is 2.20. The molecule has 3 rings (SSSR count). The maximum absolute atomic E-state index is 12.3. The summed E-state index contributed by atoms with van der Waals surface area (Å²) in [4.78, 5) is 12.3. The van der Waals surface area contributed by atoms with E-state index in [0.29, 0.717) is 42.9 Å². The van der Waals surface area contributed by atoms with Crippen LogP contribution in [-0.2, 0) is 0 Å². The van der Waals surface area contributed by atoms with Gasteiger partial charge in [0.25, 0.3) is 5.91 Å². The second-order valence-corrected chi connectivity index (χ2v) is 6.23. The fourth-order valence-electron chi connectivity index (χ4n) is 3.28. The number of carbonyl (C=O) groups excluding carboxylic acids is 1. The molecule has 0 saturated heterocycles. The molecule has 1 amide bonds. The van der Waals surface area contributed by atoms with Crippen LogP contribution in [0.25, 0.3) is 0 Å². The zero-order valence-corrected chi connectivity index (χ0v) is 14.8. The number of benzene rings is 1. The molecular weight excluding hydrogens is 328 g/mol. The predicted molar refractivity (Wildman–Crippen MR) is 96.5 cm³/mol. The molecule has 5 nitrogen and oxygen atoms in total. The van der Waals surface area contributed by atoms with Gasteiger partial charge < -0.3 is 20.1 Å². The first-order valence-corrected chi connectivity index (χ1v) is 8.75. The van der Waals surface area contributed by atoms with Crippen molar-refractivity contribution in [1.82, 2.24) is 10.6 Å². The molecule has 0 radical (unpaired) electrons. The highest BCUT2D eigenvalue weighted by molar-refractivity contribution is 5.97. The van der Waals surface area contributed by atoms with Crippen LogP contribution in [0.2, 0.25) is 0 Å². The minimum Gasteiger partial charge on any atom is -0.486 e. The SMILES string of the molecule is Cl.O=C(NCCNC1CCCCCC1)c1cccc2c1OCCO2. The van der Waals surface area contributed by atoms with Gasteiger partial charge in [-0.3, -0.25) is 4.79 Å². The van der Waals surface area contributed by atoms with E-state index in [2.05, 4.69) is 10.6 Å². The Bertz CT molecular complexity index is 531. The van der Waals surface area contributed by atoms with Crippen molar-refractivity contribution < 1.29 is 14.3 Å². The van der Waals surface area contributed by atoms with Gasteiger partial charge in [0.1, 0.15) is 13.2 Å². The van der Waals surface area contributed by atoms with Crippen LogP contribution in [0.3, 0.4) is 0 Å². The maximum atomic E-state index is 12.3. The third kappa shape index (κ3) is 5.02. The number of amides is 1. The minimum atomic E-state index is -0.102. The molecule has 1 saturated carbocycles. The van der Waals surface area contributed by atoms with E-state index < -0.39 is 0 Å². The maximum Gasteiger partial charge on any atom is 0.255 e. The van der Waals surface area contributed by atoms with E-state index in [4.69, 9.17) is 9.47 Å². The molecule has 2 N–H and O–H groups in total. The standard InChI is InChI=1S/C18H26N2O3.ClH/c21-18(15-8-5-9-16-17(15)23-13-12-22-16)20-11-10-19-14-6-3-1-2-4-7-14;/h5,8-9,14,19H,1-4,6-7,10-13H2,(H,20,21);1H. The molecule has 1 fully saturated rings. The lowest BCUT2D eigenvalue weighted by atomic mass is 10.1. The Balaban J connectivity index is 0.00000208. The van der Waals surface area contributed by atoms with Gasteiger partial charge in [-0.15, -0.1) is 12.4 Å². The van der Waals surface area contributed by atoms with Crippen LogP contribution in [0, 0.1) is 0 Å². The first-order valence-electron chi connectivity index (χ1n) is 8.75. The second kappa shape index (κ2) is 9.74. The average molecular weight is 355 g/mol. The van der Waals surface area contributed by atoms with E-state index in [1.54, 1.807) is 6.07 Å². The minimum absolute atomic E-state index is 0. The molecule has 1 aliphatic carbocycles. The van der Waals surface area contributed by atoms with Crippen molar-refractivity contribution in [2.24, 2.45) is 0 Å². The number of fused-ring (bicyclic) bond motifs is 1. The monoisotopic (exact) mass is 354 g/mol. The van der Waals surface area contributed by atoms with Crippen molar-refractivity contribution in [3.63, 3.8) is 0 Å². The topological polar surface area (TPSA) is 59.6 Å². The number of para-hydroxylation sites is 1. The Morgan fingerprint density at radius 2 is 1.79 bits per heavy atom. The van der Waals surface area contributed by atoms with Gasteiger partial charge in [0.15, 0.2) is 11.5 Å². The van der Waals surface area contributed by atoms with Crippen molar-refractivity contribution in [3.05, 3.63) is 23.8 Å². The fraction of sp³-hybridized carbons (Fsp3) is 0.611. The summed E-state index contributed by atoms with van der Waals surface area (Å²) in [5.41, 5.74) is 0.552. The number of nitrogens with one attached hydrogen (secondary N) is 2. The van der Waals surface area contributed by atoms with Gasteiger partial charge in [-0.05, 0) is 25.0 Å². The Morgan fingerprint density at radius 1 is 1.04 bits per heavy atom. The van der Waals surface area contributed by atoms with Crippen molar-refractivity contribution in [3.8, 4) is 11.5 Å². The van der Waals surface area contributed by atoms with Crippen LogP contribution < -0.4 is 20.1 Å². The second-order valence-electron chi connectivity index (χ2n) is 6.23. The van der Waals surface area contributed by atoms with Crippen LogP contribution >= 0.6 is 12.4 Å². The molecule has 2 aliphatic rings. The van der Waals surface area contributed by atoms with Crippen LogP contribution in [-0.4, -0.2) is 38.3 Å². The van der Waals surface area contributed by atoms with Gasteiger partial charge in [-0.25, -0.2) is 0 Å². The lowest BCUT2D eigenvalue weighted by Crippen LogP contribution is -2.37. The first kappa shape index (κ1) is 18.9. The number of halogens is 1. The summed E-state index contributed by atoms with van der Waals surface area (Å²) in [5, 5.41) is 6.53. The Kier molecular flexibility index (Phi) is 7.66. The van der Waals surface area contributed by atoms with E-state index in [-0.39, 0.29) is 18.3 Å². The molecule has 1 aromatic carbocycles. The van der Waals surface area contributed by atoms with Crippen LogP contribution in [0.1, 0.15) is 48.9 Å². The van der Waals surface area contributed by atoms with Gasteiger partial charge in [0.05, 0.1) is 5.56 Å². The predicted octanol–water partition coefficient (Wildman–Crippen LogP) is 2.92. The summed E-state index contributed by atoms with van der Waals surface area (Å²) in [7, 11) is 0. The zero-order chi connectivity index (χ0) is 15.9. The van der Waals surface area contributed by atoms with Crippen molar-refractivity contribution in [2.75, 3.05) is 26.3 Å². The first-order chi connectivity index (χ1) is 11.3. The molecule has 0 atom stereocenters. The summed E-state index contributed by atoms with van der Waals surface area (Å²) in [6.07, 6.45) is 7.86. The summed E-state index contributed by atoms with van der Waals surface area (Å²) in [6.45, 7) is 2.45. The molecule has 0 spiro atoms. The zero-order valence-electron chi connectivity index (χ0n) is 14.0. The van der Waals surface area contributed by atoms with Crippen LogP contribution in [0.5, 0.6) is 11.5 Å². The number of rotatable bonds is 5. The Labute approximate surface area is 149 Å². The number of carbonyl (C=O) groups is 1. The molecule has 1 aromatic rings. The van der Waals surface area contributed by atoms with Gasteiger partial charge in [0.2, 0.25) is 0 Å². The van der Waals surface area contributed by atoms with E-state index in [9.17, 15) is 4.79 Å². The van der Waals surface area contributed by atoms with Crippen molar-refractivity contribution in [2.45, 2.75) is 44.6 Å². The summed E-state index contributed by atoms with van der Waals surface area (Å²) >= 11 is 0. The van der Waals surface area contributed by atoms with E-state index >= 15 is 0 Å². The lowest BCUT2D eigenvalue weighted by Gasteiger charge is -2.20. The van der Waals surface area contributed by atoms with Crippen LogP contribution in [0.4, 0.5) is 0 Å². The molecule has 0 aromatic heterocycles. The normalized spacial score (nSPS) is 17.5. The third-order valence-electron chi connectivity index (χ3n) is 4.51. The number of hydrogen-bond donors (Lipinski definition) is 2. The third-order valence-corrected chi connectivity index (χ3v) is 4.51. The van der Waals surface area contributed by atoms with E-state index in [0.717, 1.165) is 6.54 Å². The van der Waals surface area contributed by atoms with Gasteiger partial charge >= 0.3 is 0 Å². The fourth-order valence-corrected chi connectivity index (χ4v) is 3.28. The average Bonchev–Trinajstić information content (AvgIpc) is 2.87. The molecule has 0 bridgehead atoms. The van der Waals surface area contributed by atoms with E-state index in [1.165, 1.54) is 38.5 Å². The lowest BCUT2D eigenvalue weighted by molar-refractivity contribution is 0.0942. The molecule has 134 valence electrons. The van der Waals surface area contributed by atoms with Crippen molar-refractivity contribution >= 4 is 18.3 Å². The number of hydrogen-bond acceptors (Lipinski definition) is 4. The molecule has 1 aliphatic heterocycles. The smallest absolute Gasteiger partial charge is 0.255 e. The number of ether oxygens (including phenoxy) is 2. The Hall–Kier alpha value is -1.46. The van der Waals surface area contributed by atoms with Gasteiger partial charge in [-0.2, -0.15) is 0 Å². The summed E-state index contributed by atoms with van der Waals surface area (Å²) < 4.78 is 11.1. The van der Waals surface area contributed by atoms with Gasteiger partial charge in [-0.1, -0.05) is 31.7 Å².